The number of rotatable bonds is 5. The van der Waals surface area contributed by atoms with Crippen LogP contribution in [0.4, 0.5) is 4.39 Å². The van der Waals surface area contributed by atoms with E-state index >= 15 is 0 Å². The first-order valence-corrected chi connectivity index (χ1v) is 5.07. The Labute approximate surface area is 92.7 Å². The van der Waals surface area contributed by atoms with Crippen molar-refractivity contribution in [2.45, 2.75) is 19.3 Å². The molecule has 1 aromatic carbocycles. The van der Waals surface area contributed by atoms with Crippen LogP contribution in [0.15, 0.2) is 18.2 Å². The topological polar surface area (TPSA) is 37.3 Å². The average Bonchev–Trinajstić information content (AvgIpc) is 2.19. The van der Waals surface area contributed by atoms with Crippen molar-refractivity contribution in [1.29, 1.82) is 0 Å². The molecule has 0 saturated carbocycles. The van der Waals surface area contributed by atoms with E-state index in [0.29, 0.717) is 18.4 Å². The number of hydrogen-bond acceptors (Lipinski definition) is 2. The lowest BCUT2D eigenvalue weighted by molar-refractivity contribution is -0.118. The van der Waals surface area contributed by atoms with Gasteiger partial charge in [-0.1, -0.05) is 17.7 Å². The lowest BCUT2D eigenvalue weighted by Crippen LogP contribution is -2.04. The summed E-state index contributed by atoms with van der Waals surface area (Å²) in [5.74, 6) is -0.413. The third kappa shape index (κ3) is 3.98. The van der Waals surface area contributed by atoms with Crippen LogP contribution in [0.2, 0.25) is 5.02 Å². The summed E-state index contributed by atoms with van der Waals surface area (Å²) in [5, 5.41) is 8.82. The normalized spacial score (nSPS) is 10.3. The summed E-state index contributed by atoms with van der Waals surface area (Å²) in [5.41, 5.74) is 0.626. The van der Waals surface area contributed by atoms with Gasteiger partial charge in [0.2, 0.25) is 0 Å². The minimum absolute atomic E-state index is 0.00226. The average molecular weight is 231 g/mol. The zero-order valence-electron chi connectivity index (χ0n) is 8.17. The van der Waals surface area contributed by atoms with E-state index < -0.39 is 5.82 Å². The fraction of sp³-hybridized carbons (Fsp3) is 0.364. The van der Waals surface area contributed by atoms with Crippen molar-refractivity contribution in [2.24, 2.45) is 0 Å². The van der Waals surface area contributed by atoms with E-state index in [1.807, 2.05) is 0 Å². The number of halogens is 2. The minimum Gasteiger partial charge on any atom is -0.396 e. The molecule has 0 bridgehead atoms. The third-order valence-corrected chi connectivity index (χ3v) is 2.37. The monoisotopic (exact) mass is 230 g/mol. The van der Waals surface area contributed by atoms with Gasteiger partial charge in [-0.05, 0) is 24.1 Å². The standard InChI is InChI=1S/C11H12ClFO2/c12-11-7-9(13)4-3-8(11)6-10(15)2-1-5-14/h3-4,7,14H,1-2,5-6H2. The molecule has 82 valence electrons. The lowest BCUT2D eigenvalue weighted by atomic mass is 10.1. The number of aliphatic hydroxyl groups is 1. The molecular formula is C11H12ClFO2. The Hall–Kier alpha value is -0.930. The summed E-state index contributed by atoms with van der Waals surface area (Å²) in [6.45, 7) is 0.00287. The first-order chi connectivity index (χ1) is 7.13. The Morgan fingerprint density at radius 1 is 1.47 bits per heavy atom. The highest BCUT2D eigenvalue weighted by Crippen LogP contribution is 2.18. The fourth-order valence-corrected chi connectivity index (χ4v) is 1.48. The molecule has 0 spiro atoms. The van der Waals surface area contributed by atoms with Crippen molar-refractivity contribution >= 4 is 17.4 Å². The highest BCUT2D eigenvalue weighted by Gasteiger charge is 2.07. The summed E-state index contributed by atoms with van der Waals surface area (Å²) in [7, 11) is 0. The van der Waals surface area contributed by atoms with Gasteiger partial charge in [-0.15, -0.1) is 0 Å². The number of carbonyl (C=O) groups is 1. The van der Waals surface area contributed by atoms with Crippen molar-refractivity contribution in [3.05, 3.63) is 34.6 Å². The Bertz CT molecular complexity index is 352. The molecule has 4 heteroatoms. The molecule has 0 aliphatic carbocycles. The summed E-state index contributed by atoms with van der Waals surface area (Å²) in [6.07, 6.45) is 0.973. The Morgan fingerprint density at radius 3 is 2.80 bits per heavy atom. The van der Waals surface area contributed by atoms with Gasteiger partial charge < -0.3 is 5.11 Å². The smallest absolute Gasteiger partial charge is 0.137 e. The number of hydrogen-bond donors (Lipinski definition) is 1. The molecule has 0 radical (unpaired) electrons. The quantitative estimate of drug-likeness (QED) is 0.843. The maximum atomic E-state index is 12.7. The molecule has 1 aromatic rings. The molecule has 0 amide bonds. The molecule has 1 rings (SSSR count). The van der Waals surface area contributed by atoms with Gasteiger partial charge in [0.1, 0.15) is 11.6 Å². The number of ketones is 1. The molecule has 0 unspecified atom stereocenters. The highest BCUT2D eigenvalue weighted by atomic mass is 35.5. The van der Waals surface area contributed by atoms with E-state index in [-0.39, 0.29) is 23.8 Å². The third-order valence-electron chi connectivity index (χ3n) is 2.02. The second-order valence-corrected chi connectivity index (χ2v) is 3.69. The van der Waals surface area contributed by atoms with Gasteiger partial charge in [-0.2, -0.15) is 0 Å². The SMILES string of the molecule is O=C(CCCO)Cc1ccc(F)cc1Cl. The number of benzene rings is 1. The number of Topliss-reactive ketones (excluding diaryl/α,β-unsaturated/α-hetero) is 1. The van der Waals surface area contributed by atoms with Gasteiger partial charge in [0.15, 0.2) is 0 Å². The zero-order valence-corrected chi connectivity index (χ0v) is 8.93. The lowest BCUT2D eigenvalue weighted by Gasteiger charge is -2.03. The summed E-state index contributed by atoms with van der Waals surface area (Å²) < 4.78 is 12.7. The second-order valence-electron chi connectivity index (χ2n) is 3.28. The second kappa shape index (κ2) is 5.83. The maximum Gasteiger partial charge on any atom is 0.137 e. The molecule has 0 saturated heterocycles. The van der Waals surface area contributed by atoms with Crippen LogP contribution in [-0.4, -0.2) is 17.5 Å². The van der Waals surface area contributed by atoms with Crippen molar-refractivity contribution in [3.8, 4) is 0 Å². The molecule has 0 atom stereocenters. The summed E-state index contributed by atoms with van der Waals surface area (Å²) >= 11 is 5.77. The van der Waals surface area contributed by atoms with Crippen LogP contribution in [0.25, 0.3) is 0 Å². The van der Waals surface area contributed by atoms with Crippen LogP contribution >= 0.6 is 11.6 Å². The van der Waals surface area contributed by atoms with Gasteiger partial charge in [0, 0.05) is 24.5 Å². The molecule has 0 aliphatic rings. The predicted octanol–water partition coefficient (Wildman–Crippen LogP) is 2.36. The Balaban J connectivity index is 2.60. The Kier molecular flexibility index (Phi) is 4.72. The molecule has 15 heavy (non-hydrogen) atoms. The van der Waals surface area contributed by atoms with Crippen LogP contribution in [0.1, 0.15) is 18.4 Å². The van der Waals surface area contributed by atoms with Gasteiger partial charge in [-0.25, -0.2) is 4.39 Å². The van der Waals surface area contributed by atoms with Gasteiger partial charge in [0.05, 0.1) is 0 Å². The van der Waals surface area contributed by atoms with E-state index in [1.54, 1.807) is 0 Å². The Morgan fingerprint density at radius 2 is 2.20 bits per heavy atom. The van der Waals surface area contributed by atoms with Gasteiger partial charge in [-0.3, -0.25) is 4.79 Å². The molecule has 0 fully saturated rings. The molecule has 0 aliphatic heterocycles. The summed E-state index contributed by atoms with van der Waals surface area (Å²) in [4.78, 5) is 11.3. The van der Waals surface area contributed by atoms with E-state index in [4.69, 9.17) is 16.7 Å². The van der Waals surface area contributed by atoms with Crippen molar-refractivity contribution < 1.29 is 14.3 Å². The van der Waals surface area contributed by atoms with Crippen molar-refractivity contribution in [2.75, 3.05) is 6.61 Å². The van der Waals surface area contributed by atoms with Crippen LogP contribution in [0.3, 0.4) is 0 Å². The first kappa shape index (κ1) is 12.1. The largest absolute Gasteiger partial charge is 0.396 e. The van der Waals surface area contributed by atoms with E-state index in [0.717, 1.165) is 0 Å². The fourth-order valence-electron chi connectivity index (χ4n) is 1.24. The molecule has 1 N–H and O–H groups in total. The van der Waals surface area contributed by atoms with Gasteiger partial charge >= 0.3 is 0 Å². The first-order valence-electron chi connectivity index (χ1n) is 4.70. The van der Waals surface area contributed by atoms with Crippen molar-refractivity contribution in [1.82, 2.24) is 0 Å². The minimum atomic E-state index is -0.411. The predicted molar refractivity (Wildman–Crippen MR) is 56.4 cm³/mol. The molecule has 0 aromatic heterocycles. The number of carbonyl (C=O) groups excluding carboxylic acids is 1. The molecule has 2 nitrogen and oxygen atoms in total. The van der Waals surface area contributed by atoms with E-state index in [1.165, 1.54) is 18.2 Å². The highest BCUT2D eigenvalue weighted by molar-refractivity contribution is 6.31. The number of aliphatic hydroxyl groups excluding tert-OH is 1. The van der Waals surface area contributed by atoms with E-state index in [2.05, 4.69) is 0 Å². The van der Waals surface area contributed by atoms with Crippen LogP contribution in [0.5, 0.6) is 0 Å². The summed E-state index contributed by atoms with van der Waals surface area (Å²) in [6, 6.07) is 3.98. The van der Waals surface area contributed by atoms with Crippen LogP contribution < -0.4 is 0 Å². The van der Waals surface area contributed by atoms with Crippen LogP contribution in [-0.2, 0) is 11.2 Å². The zero-order chi connectivity index (χ0) is 11.3. The molecule has 0 heterocycles. The van der Waals surface area contributed by atoms with Crippen molar-refractivity contribution in [3.63, 3.8) is 0 Å². The maximum absolute atomic E-state index is 12.7. The molecular weight excluding hydrogens is 219 g/mol. The van der Waals surface area contributed by atoms with E-state index in [9.17, 15) is 9.18 Å². The van der Waals surface area contributed by atoms with Crippen LogP contribution in [0, 0.1) is 5.82 Å². The van der Waals surface area contributed by atoms with Gasteiger partial charge in [0.25, 0.3) is 0 Å².